The predicted octanol–water partition coefficient (Wildman–Crippen LogP) is 1.11. The van der Waals surface area contributed by atoms with Crippen LogP contribution in [0.15, 0.2) is 24.3 Å². The van der Waals surface area contributed by atoms with E-state index in [-0.39, 0.29) is 5.91 Å². The summed E-state index contributed by atoms with van der Waals surface area (Å²) in [6.45, 7) is 4.07. The molecule has 102 valence electrons. The molecule has 0 saturated carbocycles. The fourth-order valence-electron chi connectivity index (χ4n) is 1.52. The Morgan fingerprint density at radius 1 is 1.37 bits per heavy atom. The number of ether oxygens (including phenoxy) is 1. The molecule has 0 bridgehead atoms. The maximum Gasteiger partial charge on any atom is 0.253 e. The minimum atomic E-state index is -0.0157. The second kappa shape index (κ2) is 8.30. The standard InChI is InChI=1S/C15H20N2O2/c1-3-19-12-11-17(2)15(18)14-8-6-13(7-9-14)5-4-10-16/h6-9H,3,10-12,16H2,1-2H3. The van der Waals surface area contributed by atoms with Crippen molar-refractivity contribution in [3.8, 4) is 11.8 Å². The van der Waals surface area contributed by atoms with Crippen molar-refractivity contribution in [2.45, 2.75) is 6.92 Å². The third-order valence-corrected chi connectivity index (χ3v) is 2.59. The Hall–Kier alpha value is -1.83. The smallest absolute Gasteiger partial charge is 0.253 e. The van der Waals surface area contributed by atoms with Gasteiger partial charge in [0, 0.05) is 31.3 Å². The van der Waals surface area contributed by atoms with E-state index in [0.29, 0.717) is 31.9 Å². The van der Waals surface area contributed by atoms with Gasteiger partial charge in [0.05, 0.1) is 13.2 Å². The van der Waals surface area contributed by atoms with Crippen LogP contribution >= 0.6 is 0 Å². The minimum absolute atomic E-state index is 0.0157. The van der Waals surface area contributed by atoms with Crippen LogP contribution in [0.4, 0.5) is 0 Å². The van der Waals surface area contributed by atoms with Gasteiger partial charge in [0.25, 0.3) is 5.91 Å². The largest absolute Gasteiger partial charge is 0.380 e. The lowest BCUT2D eigenvalue weighted by Gasteiger charge is -2.16. The molecule has 0 unspecified atom stereocenters. The first kappa shape index (κ1) is 15.2. The summed E-state index contributed by atoms with van der Waals surface area (Å²) in [4.78, 5) is 13.7. The Morgan fingerprint density at radius 3 is 2.63 bits per heavy atom. The molecule has 0 spiro atoms. The summed E-state index contributed by atoms with van der Waals surface area (Å²) in [5.74, 6) is 5.68. The zero-order valence-corrected chi connectivity index (χ0v) is 11.5. The zero-order chi connectivity index (χ0) is 14.1. The molecule has 1 amide bonds. The molecule has 0 aliphatic heterocycles. The Kier molecular flexibility index (Phi) is 6.65. The number of nitrogens with zero attached hydrogens (tertiary/aromatic N) is 1. The van der Waals surface area contributed by atoms with Crippen LogP contribution < -0.4 is 5.73 Å². The van der Waals surface area contributed by atoms with Gasteiger partial charge in [-0.25, -0.2) is 0 Å². The van der Waals surface area contributed by atoms with Gasteiger partial charge in [0.1, 0.15) is 0 Å². The molecule has 2 N–H and O–H groups in total. The van der Waals surface area contributed by atoms with Crippen molar-refractivity contribution in [3.05, 3.63) is 35.4 Å². The fraction of sp³-hybridized carbons (Fsp3) is 0.400. The summed E-state index contributed by atoms with van der Waals surface area (Å²) in [5.41, 5.74) is 6.82. The van der Waals surface area contributed by atoms with Gasteiger partial charge < -0.3 is 15.4 Å². The summed E-state index contributed by atoms with van der Waals surface area (Å²) in [5, 5.41) is 0. The predicted molar refractivity (Wildman–Crippen MR) is 75.8 cm³/mol. The highest BCUT2D eigenvalue weighted by molar-refractivity contribution is 5.94. The molecular formula is C15H20N2O2. The lowest BCUT2D eigenvalue weighted by molar-refractivity contribution is 0.0710. The zero-order valence-electron chi connectivity index (χ0n) is 11.5. The molecule has 19 heavy (non-hydrogen) atoms. The third-order valence-electron chi connectivity index (χ3n) is 2.59. The lowest BCUT2D eigenvalue weighted by atomic mass is 10.1. The Balaban J connectivity index is 2.61. The van der Waals surface area contributed by atoms with Gasteiger partial charge in [-0.2, -0.15) is 0 Å². The second-order valence-electron chi connectivity index (χ2n) is 4.01. The van der Waals surface area contributed by atoms with Crippen molar-refractivity contribution in [1.29, 1.82) is 0 Å². The van der Waals surface area contributed by atoms with Crippen molar-refractivity contribution in [2.75, 3.05) is 33.4 Å². The van der Waals surface area contributed by atoms with Crippen LogP contribution in [0.1, 0.15) is 22.8 Å². The molecule has 0 radical (unpaired) electrons. The van der Waals surface area contributed by atoms with Crippen LogP contribution in [-0.2, 0) is 4.74 Å². The van der Waals surface area contributed by atoms with Crippen molar-refractivity contribution in [1.82, 2.24) is 4.90 Å². The molecule has 4 nitrogen and oxygen atoms in total. The van der Waals surface area contributed by atoms with E-state index in [4.69, 9.17) is 10.5 Å². The van der Waals surface area contributed by atoms with E-state index in [1.807, 2.05) is 19.1 Å². The molecule has 0 heterocycles. The van der Waals surface area contributed by atoms with Crippen LogP contribution in [0.5, 0.6) is 0 Å². The monoisotopic (exact) mass is 260 g/mol. The van der Waals surface area contributed by atoms with Crippen molar-refractivity contribution in [2.24, 2.45) is 5.73 Å². The van der Waals surface area contributed by atoms with Crippen LogP contribution in [0.2, 0.25) is 0 Å². The van der Waals surface area contributed by atoms with Gasteiger partial charge in [-0.1, -0.05) is 11.8 Å². The lowest BCUT2D eigenvalue weighted by Crippen LogP contribution is -2.30. The van der Waals surface area contributed by atoms with E-state index in [2.05, 4.69) is 11.8 Å². The molecule has 1 rings (SSSR count). The van der Waals surface area contributed by atoms with E-state index in [1.165, 1.54) is 0 Å². The molecular weight excluding hydrogens is 240 g/mol. The van der Waals surface area contributed by atoms with E-state index in [0.717, 1.165) is 5.56 Å². The summed E-state index contributed by atoms with van der Waals surface area (Å²) >= 11 is 0. The first-order chi connectivity index (χ1) is 9.19. The molecule has 1 aromatic rings. The van der Waals surface area contributed by atoms with Crippen LogP contribution in [-0.4, -0.2) is 44.2 Å². The van der Waals surface area contributed by atoms with Crippen LogP contribution in [0.25, 0.3) is 0 Å². The Bertz CT molecular complexity index is 457. The van der Waals surface area contributed by atoms with Crippen molar-refractivity contribution >= 4 is 5.91 Å². The summed E-state index contributed by atoms with van der Waals surface area (Å²) < 4.78 is 5.23. The molecule has 0 aromatic heterocycles. The van der Waals surface area contributed by atoms with Crippen LogP contribution in [0.3, 0.4) is 0 Å². The van der Waals surface area contributed by atoms with Gasteiger partial charge in [0.15, 0.2) is 0 Å². The van der Waals surface area contributed by atoms with E-state index in [9.17, 15) is 4.79 Å². The Labute approximate surface area is 114 Å². The van der Waals surface area contributed by atoms with Gasteiger partial charge in [-0.15, -0.1) is 0 Å². The van der Waals surface area contributed by atoms with E-state index in [1.54, 1.807) is 24.1 Å². The van der Waals surface area contributed by atoms with E-state index < -0.39 is 0 Å². The fourth-order valence-corrected chi connectivity index (χ4v) is 1.52. The first-order valence-electron chi connectivity index (χ1n) is 6.31. The van der Waals surface area contributed by atoms with Gasteiger partial charge in [0.2, 0.25) is 0 Å². The minimum Gasteiger partial charge on any atom is -0.380 e. The number of carbonyl (C=O) groups is 1. The topological polar surface area (TPSA) is 55.6 Å². The molecule has 0 aliphatic carbocycles. The third kappa shape index (κ3) is 5.12. The molecule has 4 heteroatoms. The van der Waals surface area contributed by atoms with Crippen molar-refractivity contribution < 1.29 is 9.53 Å². The molecule has 0 saturated heterocycles. The summed E-state index contributed by atoms with van der Waals surface area (Å²) in [6.07, 6.45) is 0. The normalized spacial score (nSPS) is 9.63. The summed E-state index contributed by atoms with van der Waals surface area (Å²) in [7, 11) is 1.77. The highest BCUT2D eigenvalue weighted by Crippen LogP contribution is 2.06. The maximum absolute atomic E-state index is 12.1. The van der Waals surface area contributed by atoms with E-state index >= 15 is 0 Å². The number of likely N-dealkylation sites (N-methyl/N-ethyl adjacent to an activating group) is 1. The average Bonchev–Trinajstić information content (AvgIpc) is 2.45. The number of benzene rings is 1. The molecule has 0 aliphatic rings. The number of hydrogen-bond acceptors (Lipinski definition) is 3. The number of rotatable bonds is 5. The highest BCUT2D eigenvalue weighted by atomic mass is 16.5. The molecule has 0 atom stereocenters. The summed E-state index contributed by atoms with van der Waals surface area (Å²) in [6, 6.07) is 7.21. The number of hydrogen-bond donors (Lipinski definition) is 1. The quantitative estimate of drug-likeness (QED) is 0.637. The SMILES string of the molecule is CCOCCN(C)C(=O)c1ccc(C#CCN)cc1. The first-order valence-corrected chi connectivity index (χ1v) is 6.31. The molecule has 0 fully saturated rings. The molecule has 1 aromatic carbocycles. The maximum atomic E-state index is 12.1. The Morgan fingerprint density at radius 2 is 2.05 bits per heavy atom. The average molecular weight is 260 g/mol. The number of amides is 1. The number of nitrogens with two attached hydrogens (primary N) is 1. The second-order valence-corrected chi connectivity index (χ2v) is 4.01. The van der Waals surface area contributed by atoms with Gasteiger partial charge >= 0.3 is 0 Å². The highest BCUT2D eigenvalue weighted by Gasteiger charge is 2.10. The van der Waals surface area contributed by atoms with Crippen LogP contribution in [0, 0.1) is 11.8 Å². The van der Waals surface area contributed by atoms with Gasteiger partial charge in [-0.05, 0) is 31.2 Å². The number of carbonyl (C=O) groups excluding carboxylic acids is 1. The van der Waals surface area contributed by atoms with Crippen molar-refractivity contribution in [3.63, 3.8) is 0 Å². The van der Waals surface area contributed by atoms with Gasteiger partial charge in [-0.3, -0.25) is 4.79 Å².